The lowest BCUT2D eigenvalue weighted by molar-refractivity contribution is 0.0561. The first-order valence-corrected chi connectivity index (χ1v) is 11.6. The van der Waals surface area contributed by atoms with E-state index in [-0.39, 0.29) is 11.9 Å². The SMILES string of the molecule is Cc1nn(C)c2nc(-c3cccs3)cc(C(=O)N(CC(C)C)C3CCN(C)CC3)c12. The molecule has 0 unspecified atom stereocenters. The predicted molar refractivity (Wildman–Crippen MR) is 123 cm³/mol. The van der Waals surface area contributed by atoms with Crippen molar-refractivity contribution in [3.05, 3.63) is 34.8 Å². The van der Waals surface area contributed by atoms with E-state index in [2.05, 4.69) is 41.9 Å². The van der Waals surface area contributed by atoms with Crippen molar-refractivity contribution in [2.24, 2.45) is 13.0 Å². The van der Waals surface area contributed by atoms with Crippen LogP contribution in [0.3, 0.4) is 0 Å². The van der Waals surface area contributed by atoms with Crippen molar-refractivity contribution in [1.82, 2.24) is 24.6 Å². The summed E-state index contributed by atoms with van der Waals surface area (Å²) >= 11 is 1.64. The normalized spacial score (nSPS) is 15.9. The second-order valence-corrected chi connectivity index (χ2v) is 9.77. The smallest absolute Gasteiger partial charge is 0.255 e. The zero-order valence-electron chi connectivity index (χ0n) is 18.6. The van der Waals surface area contributed by atoms with Crippen LogP contribution in [0, 0.1) is 12.8 Å². The molecule has 3 aromatic heterocycles. The molecule has 0 saturated carbocycles. The van der Waals surface area contributed by atoms with Crippen molar-refractivity contribution in [2.45, 2.75) is 39.7 Å². The summed E-state index contributed by atoms with van der Waals surface area (Å²) in [6, 6.07) is 6.33. The molecule has 0 N–H and O–H groups in total. The molecule has 0 bridgehead atoms. The van der Waals surface area contributed by atoms with Gasteiger partial charge in [-0.05, 0) is 63.3 Å². The Hall–Kier alpha value is -2.25. The third kappa shape index (κ3) is 4.01. The number of carbonyl (C=O) groups excluding carboxylic acids is 1. The molecular weight excluding hydrogens is 394 g/mol. The zero-order chi connectivity index (χ0) is 21.4. The van der Waals surface area contributed by atoms with Gasteiger partial charge in [0.15, 0.2) is 5.65 Å². The molecule has 4 heterocycles. The van der Waals surface area contributed by atoms with Crippen LogP contribution in [0.5, 0.6) is 0 Å². The number of piperidine rings is 1. The average Bonchev–Trinajstić information content (AvgIpc) is 3.34. The fraction of sp³-hybridized carbons (Fsp3) is 0.522. The Morgan fingerprint density at radius 1 is 1.30 bits per heavy atom. The van der Waals surface area contributed by atoms with Crippen LogP contribution in [0.1, 0.15) is 42.7 Å². The van der Waals surface area contributed by atoms with Crippen molar-refractivity contribution in [3.63, 3.8) is 0 Å². The van der Waals surface area contributed by atoms with E-state index in [1.165, 1.54) is 0 Å². The number of pyridine rings is 1. The Morgan fingerprint density at radius 3 is 2.67 bits per heavy atom. The van der Waals surface area contributed by atoms with Crippen molar-refractivity contribution < 1.29 is 4.79 Å². The maximum absolute atomic E-state index is 14.0. The Balaban J connectivity index is 1.81. The molecule has 1 aliphatic heterocycles. The Kier molecular flexibility index (Phi) is 5.93. The first kappa shape index (κ1) is 21.0. The van der Waals surface area contributed by atoms with Gasteiger partial charge in [0.25, 0.3) is 5.91 Å². The van der Waals surface area contributed by atoms with Crippen molar-refractivity contribution in [1.29, 1.82) is 0 Å². The minimum Gasteiger partial charge on any atom is -0.335 e. The predicted octanol–water partition coefficient (Wildman–Crippen LogP) is 4.20. The monoisotopic (exact) mass is 425 g/mol. The summed E-state index contributed by atoms with van der Waals surface area (Å²) < 4.78 is 1.79. The minimum absolute atomic E-state index is 0.111. The average molecular weight is 426 g/mol. The highest BCUT2D eigenvalue weighted by molar-refractivity contribution is 7.13. The fourth-order valence-electron chi connectivity index (χ4n) is 4.42. The van der Waals surface area contributed by atoms with Crippen LogP contribution in [-0.4, -0.2) is 63.2 Å². The summed E-state index contributed by atoms with van der Waals surface area (Å²) in [5.74, 6) is 0.525. The third-order valence-corrected chi connectivity index (χ3v) is 6.82. The van der Waals surface area contributed by atoms with Gasteiger partial charge in [0, 0.05) is 19.6 Å². The summed E-state index contributed by atoms with van der Waals surface area (Å²) in [6.45, 7) is 9.17. The van der Waals surface area contributed by atoms with Gasteiger partial charge in [-0.1, -0.05) is 19.9 Å². The van der Waals surface area contributed by atoms with E-state index < -0.39 is 0 Å². The highest BCUT2D eigenvalue weighted by Crippen LogP contribution is 2.31. The molecule has 0 atom stereocenters. The molecule has 1 amide bonds. The van der Waals surface area contributed by atoms with Crippen LogP contribution in [0.15, 0.2) is 23.6 Å². The molecule has 0 radical (unpaired) electrons. The first-order chi connectivity index (χ1) is 14.3. The third-order valence-electron chi connectivity index (χ3n) is 5.92. The molecule has 30 heavy (non-hydrogen) atoms. The molecule has 3 aromatic rings. The summed E-state index contributed by atoms with van der Waals surface area (Å²) in [4.78, 5) is 24.4. The largest absolute Gasteiger partial charge is 0.335 e. The Bertz CT molecular complexity index is 1030. The van der Waals surface area contributed by atoms with Gasteiger partial charge in [0.1, 0.15) is 0 Å². The number of fused-ring (bicyclic) bond motifs is 1. The second-order valence-electron chi connectivity index (χ2n) is 8.83. The van der Waals surface area contributed by atoms with Crippen LogP contribution in [0.2, 0.25) is 0 Å². The molecule has 4 rings (SSSR count). The number of aromatic nitrogens is 3. The van der Waals surface area contributed by atoms with E-state index in [0.29, 0.717) is 5.92 Å². The number of hydrogen-bond donors (Lipinski definition) is 0. The zero-order valence-corrected chi connectivity index (χ0v) is 19.4. The van der Waals surface area contributed by atoms with Crippen LogP contribution < -0.4 is 0 Å². The quantitative estimate of drug-likeness (QED) is 0.615. The standard InChI is InChI=1S/C23H31N5OS/c1-15(2)14-28(17-8-10-26(4)11-9-17)23(29)18-13-19(20-7-6-12-30-20)24-22-21(18)16(3)25-27(22)5/h6-7,12-13,15,17H,8-11,14H2,1-5H3. The van der Waals surface area contributed by atoms with Gasteiger partial charge in [-0.2, -0.15) is 5.10 Å². The lowest BCUT2D eigenvalue weighted by Crippen LogP contribution is -2.48. The molecule has 6 nitrogen and oxygen atoms in total. The van der Waals surface area contributed by atoms with E-state index in [0.717, 1.165) is 65.3 Å². The van der Waals surface area contributed by atoms with E-state index in [4.69, 9.17) is 4.98 Å². The van der Waals surface area contributed by atoms with Crippen molar-refractivity contribution in [2.75, 3.05) is 26.7 Å². The van der Waals surface area contributed by atoms with E-state index in [1.807, 2.05) is 31.5 Å². The number of aryl methyl sites for hydroxylation is 2. The Labute approximate surface area is 182 Å². The fourth-order valence-corrected chi connectivity index (χ4v) is 5.10. The number of hydrogen-bond acceptors (Lipinski definition) is 5. The van der Waals surface area contributed by atoms with Gasteiger partial charge < -0.3 is 9.80 Å². The molecule has 160 valence electrons. The number of thiophene rings is 1. The van der Waals surface area contributed by atoms with Crippen LogP contribution >= 0.6 is 11.3 Å². The molecule has 1 fully saturated rings. The molecule has 0 spiro atoms. The summed E-state index contributed by atoms with van der Waals surface area (Å²) in [6.07, 6.45) is 2.04. The van der Waals surface area contributed by atoms with Crippen molar-refractivity contribution >= 4 is 28.3 Å². The van der Waals surface area contributed by atoms with Crippen molar-refractivity contribution in [3.8, 4) is 10.6 Å². The number of carbonyl (C=O) groups is 1. The molecule has 1 aliphatic rings. The van der Waals surface area contributed by atoms with Crippen LogP contribution in [0.25, 0.3) is 21.6 Å². The van der Waals surface area contributed by atoms with E-state index in [1.54, 1.807) is 16.0 Å². The molecule has 1 saturated heterocycles. The number of likely N-dealkylation sites (tertiary alicyclic amines) is 1. The molecule has 7 heteroatoms. The lowest BCUT2D eigenvalue weighted by Gasteiger charge is -2.38. The number of amides is 1. The van der Waals surface area contributed by atoms with Gasteiger partial charge in [-0.25, -0.2) is 4.98 Å². The maximum Gasteiger partial charge on any atom is 0.255 e. The second kappa shape index (κ2) is 8.47. The van der Waals surface area contributed by atoms with Gasteiger partial charge in [0.2, 0.25) is 0 Å². The van der Waals surface area contributed by atoms with Gasteiger partial charge in [0.05, 0.1) is 27.2 Å². The molecule has 0 aliphatic carbocycles. The van der Waals surface area contributed by atoms with Crippen LogP contribution in [0.4, 0.5) is 0 Å². The minimum atomic E-state index is 0.111. The highest BCUT2D eigenvalue weighted by atomic mass is 32.1. The van der Waals surface area contributed by atoms with Gasteiger partial charge in [-0.3, -0.25) is 9.48 Å². The topological polar surface area (TPSA) is 54.3 Å². The van der Waals surface area contributed by atoms with E-state index >= 15 is 0 Å². The highest BCUT2D eigenvalue weighted by Gasteiger charge is 2.30. The van der Waals surface area contributed by atoms with Gasteiger partial charge >= 0.3 is 0 Å². The molecular formula is C23H31N5OS. The molecule has 0 aromatic carbocycles. The lowest BCUT2D eigenvalue weighted by atomic mass is 9.99. The van der Waals surface area contributed by atoms with Crippen LogP contribution in [-0.2, 0) is 7.05 Å². The summed E-state index contributed by atoms with van der Waals surface area (Å²) in [5.41, 5.74) is 3.20. The summed E-state index contributed by atoms with van der Waals surface area (Å²) in [5, 5.41) is 7.50. The van der Waals surface area contributed by atoms with E-state index in [9.17, 15) is 4.79 Å². The summed E-state index contributed by atoms with van der Waals surface area (Å²) in [7, 11) is 4.06. The Morgan fingerprint density at radius 2 is 2.03 bits per heavy atom. The first-order valence-electron chi connectivity index (χ1n) is 10.7. The number of rotatable bonds is 5. The number of nitrogens with zero attached hydrogens (tertiary/aromatic N) is 5. The maximum atomic E-state index is 14.0. The van der Waals surface area contributed by atoms with Gasteiger partial charge in [-0.15, -0.1) is 11.3 Å².